The lowest BCUT2D eigenvalue weighted by atomic mass is 10.3. The lowest BCUT2D eigenvalue weighted by Crippen LogP contribution is -2.37. The summed E-state index contributed by atoms with van der Waals surface area (Å²) in [4.78, 5) is 17.8. The van der Waals surface area contributed by atoms with Crippen LogP contribution in [0.2, 0.25) is 10.0 Å². The lowest BCUT2D eigenvalue weighted by molar-refractivity contribution is -0.124. The maximum atomic E-state index is 12.2. The summed E-state index contributed by atoms with van der Waals surface area (Å²) in [5, 5.41) is 3.26. The summed E-state index contributed by atoms with van der Waals surface area (Å²) in [5.74, 6) is 0.304. The number of nitrogens with zero attached hydrogens (tertiary/aromatic N) is 2. The van der Waals surface area contributed by atoms with Gasteiger partial charge in [-0.05, 0) is 19.1 Å². The van der Waals surface area contributed by atoms with Crippen molar-refractivity contribution in [1.29, 1.82) is 0 Å². The number of thiazole rings is 1. The van der Waals surface area contributed by atoms with Crippen molar-refractivity contribution in [3.05, 3.63) is 39.8 Å². The molecule has 1 aromatic carbocycles. The summed E-state index contributed by atoms with van der Waals surface area (Å²) in [5.41, 5.74) is 0. The first-order valence-electron chi connectivity index (χ1n) is 5.78. The van der Waals surface area contributed by atoms with E-state index in [-0.39, 0.29) is 5.91 Å². The van der Waals surface area contributed by atoms with Gasteiger partial charge in [-0.25, -0.2) is 4.98 Å². The number of rotatable bonds is 4. The van der Waals surface area contributed by atoms with Crippen LogP contribution in [-0.2, 0) is 4.79 Å². The molecule has 0 radical (unpaired) electrons. The van der Waals surface area contributed by atoms with Crippen LogP contribution in [0.4, 0.5) is 5.13 Å². The Morgan fingerprint density at radius 2 is 2.15 bits per heavy atom. The van der Waals surface area contributed by atoms with Gasteiger partial charge in [0, 0.05) is 24.7 Å². The highest BCUT2D eigenvalue weighted by atomic mass is 35.5. The van der Waals surface area contributed by atoms with Gasteiger partial charge in [-0.2, -0.15) is 0 Å². The highest BCUT2D eigenvalue weighted by molar-refractivity contribution is 7.13. The van der Waals surface area contributed by atoms with Gasteiger partial charge in [0.25, 0.3) is 5.91 Å². The normalized spacial score (nSPS) is 12.0. The highest BCUT2D eigenvalue weighted by Crippen LogP contribution is 2.27. The molecular formula is C13H12Cl2N2O2S. The van der Waals surface area contributed by atoms with Crippen molar-refractivity contribution in [2.24, 2.45) is 0 Å². The molecule has 0 fully saturated rings. The zero-order chi connectivity index (χ0) is 14.7. The molecular weight excluding hydrogens is 319 g/mol. The molecule has 20 heavy (non-hydrogen) atoms. The topological polar surface area (TPSA) is 42.4 Å². The van der Waals surface area contributed by atoms with Gasteiger partial charge in [0.15, 0.2) is 11.2 Å². The Morgan fingerprint density at radius 3 is 2.75 bits per heavy atom. The van der Waals surface area contributed by atoms with E-state index in [1.165, 1.54) is 16.2 Å². The summed E-state index contributed by atoms with van der Waals surface area (Å²) in [6.45, 7) is 1.68. The molecule has 0 unspecified atom stereocenters. The Labute approximate surface area is 130 Å². The minimum Gasteiger partial charge on any atom is -0.481 e. The van der Waals surface area contributed by atoms with Crippen LogP contribution in [0.15, 0.2) is 29.8 Å². The fourth-order valence-corrected chi connectivity index (χ4v) is 2.45. The van der Waals surface area contributed by atoms with Crippen LogP contribution >= 0.6 is 34.5 Å². The number of amides is 1. The van der Waals surface area contributed by atoms with Crippen molar-refractivity contribution >= 4 is 45.6 Å². The molecule has 0 aliphatic heterocycles. The number of anilines is 1. The predicted molar refractivity (Wildman–Crippen MR) is 82.1 cm³/mol. The van der Waals surface area contributed by atoms with Crippen molar-refractivity contribution in [3.8, 4) is 5.75 Å². The molecule has 1 heterocycles. The maximum absolute atomic E-state index is 12.2. The molecule has 0 saturated heterocycles. The number of hydrogen-bond acceptors (Lipinski definition) is 4. The van der Waals surface area contributed by atoms with Gasteiger partial charge in [-0.15, -0.1) is 11.3 Å². The Balaban J connectivity index is 2.05. The summed E-state index contributed by atoms with van der Waals surface area (Å²) < 4.78 is 5.57. The Bertz CT molecular complexity index is 604. The van der Waals surface area contributed by atoms with Crippen molar-refractivity contribution in [2.45, 2.75) is 13.0 Å². The molecule has 1 aromatic heterocycles. The van der Waals surface area contributed by atoms with E-state index in [4.69, 9.17) is 27.9 Å². The van der Waals surface area contributed by atoms with Crippen molar-refractivity contribution in [1.82, 2.24) is 4.98 Å². The van der Waals surface area contributed by atoms with Crippen LogP contribution in [0.1, 0.15) is 6.92 Å². The van der Waals surface area contributed by atoms with Gasteiger partial charge in [0.2, 0.25) is 0 Å². The van der Waals surface area contributed by atoms with E-state index in [2.05, 4.69) is 4.98 Å². The van der Waals surface area contributed by atoms with E-state index >= 15 is 0 Å². The first-order valence-corrected chi connectivity index (χ1v) is 7.41. The minimum absolute atomic E-state index is 0.189. The van der Waals surface area contributed by atoms with E-state index in [1.807, 2.05) is 5.38 Å². The fraction of sp³-hybridized carbons (Fsp3) is 0.231. The second kappa shape index (κ2) is 6.43. The highest BCUT2D eigenvalue weighted by Gasteiger charge is 2.22. The average molecular weight is 331 g/mol. The fourth-order valence-electron chi connectivity index (χ4n) is 1.55. The number of likely N-dealkylation sites (N-methyl/N-ethyl adjacent to an activating group) is 1. The number of ether oxygens (including phenoxy) is 1. The van der Waals surface area contributed by atoms with Gasteiger partial charge in [0.05, 0.1) is 10.0 Å². The Morgan fingerprint density at radius 1 is 1.40 bits per heavy atom. The van der Waals surface area contributed by atoms with E-state index < -0.39 is 6.10 Å². The number of carbonyl (C=O) groups is 1. The summed E-state index contributed by atoms with van der Waals surface area (Å²) >= 11 is 13.1. The molecule has 4 nitrogen and oxygen atoms in total. The van der Waals surface area contributed by atoms with Gasteiger partial charge in [0.1, 0.15) is 5.75 Å². The van der Waals surface area contributed by atoms with E-state index in [9.17, 15) is 4.79 Å². The van der Waals surface area contributed by atoms with Crippen molar-refractivity contribution < 1.29 is 9.53 Å². The first kappa shape index (κ1) is 15.1. The van der Waals surface area contributed by atoms with Crippen LogP contribution in [0.5, 0.6) is 5.75 Å². The number of benzene rings is 1. The molecule has 1 amide bonds. The third-order valence-electron chi connectivity index (χ3n) is 2.59. The SMILES string of the molecule is C[C@H](Oc1ccc(Cl)c(Cl)c1)C(=O)N(C)c1nccs1. The predicted octanol–water partition coefficient (Wildman–Crippen LogP) is 3.88. The van der Waals surface area contributed by atoms with E-state index in [0.717, 1.165) is 0 Å². The number of hydrogen-bond donors (Lipinski definition) is 0. The van der Waals surface area contributed by atoms with Gasteiger partial charge >= 0.3 is 0 Å². The van der Waals surface area contributed by atoms with Crippen LogP contribution in [0.3, 0.4) is 0 Å². The molecule has 0 bridgehead atoms. The molecule has 0 saturated carbocycles. The molecule has 106 valence electrons. The quantitative estimate of drug-likeness (QED) is 0.854. The Kier molecular flexibility index (Phi) is 4.86. The van der Waals surface area contributed by atoms with E-state index in [1.54, 1.807) is 38.4 Å². The van der Waals surface area contributed by atoms with E-state index in [0.29, 0.717) is 20.9 Å². The molecule has 7 heteroatoms. The molecule has 0 aliphatic carbocycles. The van der Waals surface area contributed by atoms with Crippen molar-refractivity contribution in [2.75, 3.05) is 11.9 Å². The molecule has 2 rings (SSSR count). The second-order valence-corrected chi connectivity index (χ2v) is 5.74. The lowest BCUT2D eigenvalue weighted by Gasteiger charge is -2.20. The van der Waals surface area contributed by atoms with Gasteiger partial charge in [-0.3, -0.25) is 9.69 Å². The molecule has 2 aromatic rings. The van der Waals surface area contributed by atoms with Crippen molar-refractivity contribution in [3.63, 3.8) is 0 Å². The standard InChI is InChI=1S/C13H12Cl2N2O2S/c1-8(12(18)17(2)13-16-5-6-20-13)19-9-3-4-10(14)11(15)7-9/h3-8H,1-2H3/t8-/m0/s1. The van der Waals surface area contributed by atoms with Gasteiger partial charge < -0.3 is 4.74 Å². The third-order valence-corrected chi connectivity index (χ3v) is 4.18. The summed E-state index contributed by atoms with van der Waals surface area (Å²) in [7, 11) is 1.66. The first-order chi connectivity index (χ1) is 9.49. The smallest absolute Gasteiger partial charge is 0.269 e. The van der Waals surface area contributed by atoms with Crippen LogP contribution in [-0.4, -0.2) is 24.0 Å². The monoisotopic (exact) mass is 330 g/mol. The van der Waals surface area contributed by atoms with Crippen LogP contribution in [0.25, 0.3) is 0 Å². The zero-order valence-electron chi connectivity index (χ0n) is 10.8. The third kappa shape index (κ3) is 3.42. The summed E-state index contributed by atoms with van der Waals surface area (Å²) in [6, 6.07) is 4.87. The number of carbonyl (C=O) groups excluding carboxylic acids is 1. The average Bonchev–Trinajstić information content (AvgIpc) is 2.95. The number of halogens is 2. The molecule has 0 aliphatic rings. The van der Waals surface area contributed by atoms with Crippen LogP contribution in [0, 0.1) is 0 Å². The maximum Gasteiger partial charge on any atom is 0.269 e. The summed E-state index contributed by atoms with van der Waals surface area (Å²) in [6.07, 6.45) is 0.995. The second-order valence-electron chi connectivity index (χ2n) is 4.05. The minimum atomic E-state index is -0.652. The molecule has 0 N–H and O–H groups in total. The van der Waals surface area contributed by atoms with Gasteiger partial charge in [-0.1, -0.05) is 23.2 Å². The zero-order valence-corrected chi connectivity index (χ0v) is 13.2. The number of aromatic nitrogens is 1. The van der Waals surface area contributed by atoms with Crippen LogP contribution < -0.4 is 9.64 Å². The Hall–Kier alpha value is -1.30. The largest absolute Gasteiger partial charge is 0.481 e. The molecule has 0 spiro atoms. The molecule has 1 atom stereocenters.